The van der Waals surface area contributed by atoms with E-state index < -0.39 is 17.8 Å². The molecule has 0 saturated heterocycles. The fraction of sp³-hybridized carbons (Fsp3) is 0.724. The Kier molecular flexibility index (Phi) is 20.2. The normalized spacial score (nSPS) is 12.7. The number of hydrogen-bond acceptors (Lipinski definition) is 2. The number of amides is 1. The lowest BCUT2D eigenvalue weighted by Crippen LogP contribution is -2.41. The molecule has 0 fully saturated rings. The van der Waals surface area contributed by atoms with Gasteiger partial charge in [0.15, 0.2) is 0 Å². The molecule has 0 aliphatic rings. The monoisotopic (exact) mass is 457 g/mol. The van der Waals surface area contributed by atoms with E-state index in [0.29, 0.717) is 45.2 Å². The Bertz CT molecular complexity index is 606. The van der Waals surface area contributed by atoms with Crippen molar-refractivity contribution in [1.29, 1.82) is 0 Å². The van der Waals surface area contributed by atoms with Crippen LogP contribution in [0.15, 0.2) is 12.2 Å². The van der Waals surface area contributed by atoms with Crippen molar-refractivity contribution in [3.05, 3.63) is 12.2 Å². The molecule has 0 bridgehead atoms. The molecule has 0 aliphatic carbocycles. The van der Waals surface area contributed by atoms with Crippen LogP contribution >= 0.6 is 0 Å². The van der Waals surface area contributed by atoms with E-state index in [-0.39, 0.29) is 5.91 Å². The third kappa shape index (κ3) is 15.3. The molecule has 0 aliphatic heterocycles. The predicted molar refractivity (Wildman–Crippen MR) is 139 cm³/mol. The summed E-state index contributed by atoms with van der Waals surface area (Å²) in [6, 6.07) is 0. The number of carboxylic acids is 1. The second kappa shape index (κ2) is 21.6. The van der Waals surface area contributed by atoms with Crippen LogP contribution in [-0.2, 0) is 9.59 Å². The number of aliphatic carboxylic acids is 1. The van der Waals surface area contributed by atoms with Gasteiger partial charge < -0.3 is 10.0 Å². The van der Waals surface area contributed by atoms with Crippen LogP contribution in [0.1, 0.15) is 110 Å². The van der Waals surface area contributed by atoms with Crippen molar-refractivity contribution in [2.45, 2.75) is 110 Å². The van der Waals surface area contributed by atoms with E-state index in [0.717, 1.165) is 38.5 Å². The number of nitrogens with zero attached hydrogens (tertiary/aromatic N) is 1. The van der Waals surface area contributed by atoms with Gasteiger partial charge in [0.1, 0.15) is 0 Å². The molecule has 0 aromatic heterocycles. The SMILES string of the molecule is C#CCCCN(CCCC#C)C(=O)C(/C=C\CCCC)C(CCCCCCCCC)C(=O)O. The minimum Gasteiger partial charge on any atom is -0.481 e. The van der Waals surface area contributed by atoms with Crippen molar-refractivity contribution in [3.63, 3.8) is 0 Å². The van der Waals surface area contributed by atoms with E-state index in [1.54, 1.807) is 4.90 Å². The lowest BCUT2D eigenvalue weighted by Gasteiger charge is -2.29. The Morgan fingerprint density at radius 3 is 1.91 bits per heavy atom. The van der Waals surface area contributed by atoms with E-state index >= 15 is 0 Å². The minimum atomic E-state index is -0.883. The Morgan fingerprint density at radius 1 is 0.848 bits per heavy atom. The molecular weight excluding hydrogens is 410 g/mol. The van der Waals surface area contributed by atoms with Crippen molar-refractivity contribution in [2.24, 2.45) is 11.8 Å². The van der Waals surface area contributed by atoms with Gasteiger partial charge in [-0.05, 0) is 25.7 Å². The molecule has 2 atom stereocenters. The number of carbonyl (C=O) groups is 2. The summed E-state index contributed by atoms with van der Waals surface area (Å²) < 4.78 is 0. The zero-order valence-electron chi connectivity index (χ0n) is 21.2. The van der Waals surface area contributed by atoms with Crippen molar-refractivity contribution >= 4 is 11.9 Å². The number of rotatable bonds is 21. The molecule has 1 amide bonds. The first-order valence-corrected chi connectivity index (χ1v) is 13.1. The zero-order chi connectivity index (χ0) is 24.7. The van der Waals surface area contributed by atoms with Gasteiger partial charge in [-0.15, -0.1) is 24.7 Å². The molecule has 2 unspecified atom stereocenters. The molecule has 186 valence electrons. The molecule has 0 radical (unpaired) electrons. The second-order valence-corrected chi connectivity index (χ2v) is 8.89. The summed E-state index contributed by atoms with van der Waals surface area (Å²) in [5.41, 5.74) is 0. The first-order valence-electron chi connectivity index (χ1n) is 13.1. The minimum absolute atomic E-state index is 0.105. The van der Waals surface area contributed by atoms with Crippen LogP contribution in [-0.4, -0.2) is 35.0 Å². The molecular formula is C29H47NO3. The number of unbranched alkanes of at least 4 members (excludes halogenated alkanes) is 10. The molecule has 0 aromatic rings. The lowest BCUT2D eigenvalue weighted by atomic mass is 9.85. The van der Waals surface area contributed by atoms with Gasteiger partial charge in [0, 0.05) is 25.9 Å². The highest BCUT2D eigenvalue weighted by Crippen LogP contribution is 2.25. The van der Waals surface area contributed by atoms with Gasteiger partial charge in [0.2, 0.25) is 5.91 Å². The van der Waals surface area contributed by atoms with Crippen molar-refractivity contribution in [3.8, 4) is 24.7 Å². The van der Waals surface area contributed by atoms with Gasteiger partial charge in [0.05, 0.1) is 11.8 Å². The number of terminal acetylenes is 2. The highest BCUT2D eigenvalue weighted by molar-refractivity contribution is 5.86. The van der Waals surface area contributed by atoms with Crippen molar-refractivity contribution < 1.29 is 14.7 Å². The van der Waals surface area contributed by atoms with Crippen molar-refractivity contribution in [1.82, 2.24) is 4.90 Å². The van der Waals surface area contributed by atoms with Gasteiger partial charge in [-0.25, -0.2) is 0 Å². The maximum Gasteiger partial charge on any atom is 0.307 e. The highest BCUT2D eigenvalue weighted by Gasteiger charge is 2.33. The average Bonchev–Trinajstić information content (AvgIpc) is 2.80. The smallest absolute Gasteiger partial charge is 0.307 e. The number of allylic oxidation sites excluding steroid dienone is 1. The third-order valence-corrected chi connectivity index (χ3v) is 6.03. The maximum atomic E-state index is 13.6. The average molecular weight is 458 g/mol. The molecule has 0 saturated carbocycles. The van der Waals surface area contributed by atoms with E-state index in [9.17, 15) is 14.7 Å². The molecule has 4 heteroatoms. The van der Waals surface area contributed by atoms with Crippen LogP contribution in [0.25, 0.3) is 0 Å². The molecule has 4 nitrogen and oxygen atoms in total. The lowest BCUT2D eigenvalue weighted by molar-refractivity contribution is -0.149. The van der Waals surface area contributed by atoms with E-state index in [4.69, 9.17) is 12.8 Å². The quantitative estimate of drug-likeness (QED) is 0.116. The van der Waals surface area contributed by atoms with E-state index in [1.165, 1.54) is 25.7 Å². The first-order chi connectivity index (χ1) is 16.0. The largest absolute Gasteiger partial charge is 0.481 e. The number of carbonyl (C=O) groups excluding carboxylic acids is 1. The fourth-order valence-electron chi connectivity index (χ4n) is 4.02. The summed E-state index contributed by atoms with van der Waals surface area (Å²) in [5, 5.41) is 10.0. The highest BCUT2D eigenvalue weighted by atomic mass is 16.4. The summed E-state index contributed by atoms with van der Waals surface area (Å²) in [7, 11) is 0. The molecule has 33 heavy (non-hydrogen) atoms. The van der Waals surface area contributed by atoms with E-state index in [2.05, 4.69) is 25.7 Å². The fourth-order valence-corrected chi connectivity index (χ4v) is 4.02. The maximum absolute atomic E-state index is 13.6. The van der Waals surface area contributed by atoms with Crippen LogP contribution in [0, 0.1) is 36.5 Å². The topological polar surface area (TPSA) is 57.6 Å². The summed E-state index contributed by atoms with van der Waals surface area (Å²) in [6.45, 7) is 5.40. The first kappa shape index (κ1) is 30.8. The van der Waals surface area contributed by atoms with Crippen LogP contribution in [0.3, 0.4) is 0 Å². The van der Waals surface area contributed by atoms with Gasteiger partial charge in [0.25, 0.3) is 0 Å². The van der Waals surface area contributed by atoms with E-state index in [1.807, 2.05) is 12.2 Å². The van der Waals surface area contributed by atoms with Crippen molar-refractivity contribution in [2.75, 3.05) is 13.1 Å². The van der Waals surface area contributed by atoms with Gasteiger partial charge in [-0.1, -0.05) is 83.8 Å². The summed E-state index contributed by atoms with van der Waals surface area (Å²) in [6.07, 6.45) is 28.6. The molecule has 0 rings (SSSR count). The molecule has 1 N–H and O–H groups in total. The Morgan fingerprint density at radius 2 is 1.39 bits per heavy atom. The molecule has 0 heterocycles. The van der Waals surface area contributed by atoms with Gasteiger partial charge >= 0.3 is 5.97 Å². The van der Waals surface area contributed by atoms with Gasteiger partial charge in [-0.3, -0.25) is 9.59 Å². The Hall–Kier alpha value is -2.20. The van der Waals surface area contributed by atoms with Crippen LogP contribution < -0.4 is 0 Å². The summed E-state index contributed by atoms with van der Waals surface area (Å²) in [5.74, 6) is 2.91. The number of hydrogen-bond donors (Lipinski definition) is 1. The van der Waals surface area contributed by atoms with Crippen LogP contribution in [0.2, 0.25) is 0 Å². The Balaban J connectivity index is 5.36. The summed E-state index contributed by atoms with van der Waals surface area (Å²) in [4.78, 5) is 27.6. The standard InChI is InChI=1S/C29H47NO3/c1-5-9-13-15-16-17-19-23-27(29(32)33)26(22-18-14-10-6-2)28(31)30(24-20-11-7-3)25-21-12-8-4/h3-4,18,22,26-27H,5-6,9-17,19-21,23-25H2,1-2H3,(H,32,33)/b22-18-. The van der Waals surface area contributed by atoms with Gasteiger partial charge in [-0.2, -0.15) is 0 Å². The second-order valence-electron chi connectivity index (χ2n) is 8.89. The molecule has 0 spiro atoms. The summed E-state index contributed by atoms with van der Waals surface area (Å²) >= 11 is 0. The Labute approximate surface area is 203 Å². The number of carboxylic acid groups (broad SMARTS) is 1. The van der Waals surface area contributed by atoms with Crippen LogP contribution in [0.4, 0.5) is 0 Å². The zero-order valence-corrected chi connectivity index (χ0v) is 21.2. The molecule has 0 aromatic carbocycles. The van der Waals surface area contributed by atoms with Crippen LogP contribution in [0.5, 0.6) is 0 Å². The third-order valence-electron chi connectivity index (χ3n) is 6.03. The predicted octanol–water partition coefficient (Wildman–Crippen LogP) is 6.85.